The van der Waals surface area contributed by atoms with E-state index < -0.39 is 0 Å². The van der Waals surface area contributed by atoms with E-state index in [1.165, 1.54) is 0 Å². The summed E-state index contributed by atoms with van der Waals surface area (Å²) in [6.07, 6.45) is 3.67. The molecule has 1 atom stereocenters. The number of aromatic hydroxyl groups is 1. The van der Waals surface area contributed by atoms with E-state index in [0.29, 0.717) is 30.2 Å². The molecule has 1 saturated heterocycles. The Hall–Kier alpha value is -2.45. The van der Waals surface area contributed by atoms with Crippen molar-refractivity contribution in [3.63, 3.8) is 0 Å². The van der Waals surface area contributed by atoms with Crippen LogP contribution in [0, 0.1) is 6.92 Å². The van der Waals surface area contributed by atoms with Crippen LogP contribution in [-0.4, -0.2) is 69.2 Å². The molecule has 0 unspecified atom stereocenters. The lowest BCUT2D eigenvalue weighted by molar-refractivity contribution is 0.190. The number of anilines is 1. The molecule has 150 valence electrons. The number of nitrogens with one attached hydrogen (secondary N) is 1. The van der Waals surface area contributed by atoms with Gasteiger partial charge in [0.2, 0.25) is 5.95 Å². The largest absolute Gasteiger partial charge is 0.507 e. The Morgan fingerprint density at radius 3 is 3.04 bits per heavy atom. The summed E-state index contributed by atoms with van der Waals surface area (Å²) in [7, 11) is 0. The number of rotatable bonds is 6. The van der Waals surface area contributed by atoms with Crippen LogP contribution in [0.3, 0.4) is 0 Å². The van der Waals surface area contributed by atoms with Gasteiger partial charge in [-0.3, -0.25) is 0 Å². The SMILES string of the molecule is Cc1nc(N[C@@H]2CCCN(CCCO)C2)nnc1-c1ccc2c(c1O)CCO2. The fourth-order valence-electron chi connectivity index (χ4n) is 4.02. The fraction of sp³-hybridized carbons (Fsp3) is 0.550. The number of benzene rings is 1. The van der Waals surface area contributed by atoms with E-state index in [1.54, 1.807) is 0 Å². The number of aryl methyl sites for hydroxylation is 1. The van der Waals surface area contributed by atoms with Gasteiger partial charge in [0.1, 0.15) is 17.2 Å². The second-order valence-corrected chi connectivity index (χ2v) is 7.47. The molecule has 4 rings (SSSR count). The van der Waals surface area contributed by atoms with Gasteiger partial charge < -0.3 is 25.2 Å². The van der Waals surface area contributed by atoms with Gasteiger partial charge in [-0.2, -0.15) is 0 Å². The number of fused-ring (bicyclic) bond motifs is 1. The highest BCUT2D eigenvalue weighted by Crippen LogP contribution is 2.40. The van der Waals surface area contributed by atoms with Gasteiger partial charge in [-0.1, -0.05) is 0 Å². The topological polar surface area (TPSA) is 104 Å². The first-order chi connectivity index (χ1) is 13.7. The van der Waals surface area contributed by atoms with Crippen LogP contribution in [0.25, 0.3) is 11.3 Å². The van der Waals surface area contributed by atoms with Crippen molar-refractivity contribution in [2.45, 2.75) is 38.6 Å². The fourth-order valence-corrected chi connectivity index (χ4v) is 4.02. The first-order valence-corrected chi connectivity index (χ1v) is 9.95. The number of aliphatic hydroxyl groups excluding tert-OH is 1. The van der Waals surface area contributed by atoms with Gasteiger partial charge >= 0.3 is 0 Å². The number of aliphatic hydroxyl groups is 1. The predicted molar refractivity (Wildman–Crippen MR) is 106 cm³/mol. The Balaban J connectivity index is 1.48. The average molecular weight is 385 g/mol. The van der Waals surface area contributed by atoms with E-state index in [0.717, 1.165) is 55.9 Å². The number of phenolic OH excluding ortho intramolecular Hbond substituents is 1. The minimum Gasteiger partial charge on any atom is -0.507 e. The van der Waals surface area contributed by atoms with Crippen molar-refractivity contribution in [1.29, 1.82) is 0 Å². The maximum absolute atomic E-state index is 10.6. The lowest BCUT2D eigenvalue weighted by Gasteiger charge is -2.32. The molecule has 0 radical (unpaired) electrons. The van der Waals surface area contributed by atoms with Crippen LogP contribution >= 0.6 is 0 Å². The van der Waals surface area contributed by atoms with E-state index in [1.807, 2.05) is 19.1 Å². The van der Waals surface area contributed by atoms with Crippen molar-refractivity contribution in [1.82, 2.24) is 20.1 Å². The molecule has 28 heavy (non-hydrogen) atoms. The predicted octanol–water partition coefficient (Wildman–Crippen LogP) is 1.75. The maximum Gasteiger partial charge on any atom is 0.243 e. The van der Waals surface area contributed by atoms with Crippen LogP contribution in [-0.2, 0) is 6.42 Å². The van der Waals surface area contributed by atoms with E-state index >= 15 is 0 Å². The monoisotopic (exact) mass is 385 g/mol. The highest BCUT2D eigenvalue weighted by Gasteiger charge is 2.23. The zero-order valence-corrected chi connectivity index (χ0v) is 16.2. The molecule has 8 nitrogen and oxygen atoms in total. The number of aromatic nitrogens is 3. The van der Waals surface area contributed by atoms with Crippen LogP contribution in [0.1, 0.15) is 30.5 Å². The molecular weight excluding hydrogens is 358 g/mol. The summed E-state index contributed by atoms with van der Waals surface area (Å²) in [6.45, 7) is 5.59. The molecule has 1 aromatic heterocycles. The van der Waals surface area contributed by atoms with E-state index in [9.17, 15) is 5.11 Å². The lowest BCUT2D eigenvalue weighted by atomic mass is 10.0. The minimum atomic E-state index is 0.210. The first-order valence-electron chi connectivity index (χ1n) is 9.95. The van der Waals surface area contributed by atoms with Crippen LogP contribution in [0.5, 0.6) is 11.5 Å². The lowest BCUT2D eigenvalue weighted by Crippen LogP contribution is -2.42. The van der Waals surface area contributed by atoms with E-state index in [2.05, 4.69) is 25.4 Å². The maximum atomic E-state index is 10.6. The summed E-state index contributed by atoms with van der Waals surface area (Å²) in [4.78, 5) is 6.94. The number of nitrogens with zero attached hydrogens (tertiary/aromatic N) is 4. The molecular formula is C20H27N5O3. The number of piperidine rings is 1. The molecule has 3 N–H and O–H groups in total. The number of ether oxygens (including phenoxy) is 1. The number of phenols is 1. The van der Waals surface area contributed by atoms with Gasteiger partial charge in [0.15, 0.2) is 0 Å². The molecule has 0 saturated carbocycles. The number of hydrogen-bond acceptors (Lipinski definition) is 8. The van der Waals surface area contributed by atoms with Crippen molar-refractivity contribution >= 4 is 5.95 Å². The van der Waals surface area contributed by atoms with Crippen molar-refractivity contribution in [3.8, 4) is 22.8 Å². The smallest absolute Gasteiger partial charge is 0.243 e. The van der Waals surface area contributed by atoms with Crippen molar-refractivity contribution in [2.75, 3.05) is 38.2 Å². The normalized spacial score (nSPS) is 19.3. The zero-order valence-electron chi connectivity index (χ0n) is 16.2. The quantitative estimate of drug-likeness (QED) is 0.691. The Bertz CT molecular complexity index is 845. The molecule has 0 bridgehead atoms. The standard InChI is InChI=1S/C20H27N5O3/c1-13-18(16-5-6-17-15(19(16)27)7-11-28-17)23-24-20(21-13)22-14-4-2-8-25(12-14)9-3-10-26/h5-6,14,26-27H,2-4,7-12H2,1H3,(H,21,22,24)/t14-/m1/s1. The number of likely N-dealkylation sites (tertiary alicyclic amines) is 1. The van der Waals surface area contributed by atoms with Crippen molar-refractivity contribution in [3.05, 3.63) is 23.4 Å². The first kappa shape index (κ1) is 18.9. The van der Waals surface area contributed by atoms with Gasteiger partial charge in [0.25, 0.3) is 0 Å². The Morgan fingerprint density at radius 1 is 1.32 bits per heavy atom. The van der Waals surface area contributed by atoms with E-state index in [-0.39, 0.29) is 18.4 Å². The summed E-state index contributed by atoms with van der Waals surface area (Å²) in [6, 6.07) is 3.95. The third kappa shape index (κ3) is 3.88. The third-order valence-corrected chi connectivity index (χ3v) is 5.44. The molecule has 2 aliphatic rings. The van der Waals surface area contributed by atoms with Gasteiger partial charge in [-0.15, -0.1) is 10.2 Å². The molecule has 0 spiro atoms. The second kappa shape index (κ2) is 8.28. The van der Waals surface area contributed by atoms with Gasteiger partial charge in [-0.25, -0.2) is 4.98 Å². The third-order valence-electron chi connectivity index (χ3n) is 5.44. The summed E-state index contributed by atoms with van der Waals surface area (Å²) in [5.41, 5.74) is 2.78. The van der Waals surface area contributed by atoms with Gasteiger partial charge in [0, 0.05) is 43.3 Å². The summed E-state index contributed by atoms with van der Waals surface area (Å²) >= 11 is 0. The molecule has 2 aliphatic heterocycles. The van der Waals surface area contributed by atoms with Crippen molar-refractivity contribution < 1.29 is 14.9 Å². The van der Waals surface area contributed by atoms with Crippen LogP contribution in [0.2, 0.25) is 0 Å². The number of hydrogen-bond donors (Lipinski definition) is 3. The zero-order chi connectivity index (χ0) is 19.5. The summed E-state index contributed by atoms with van der Waals surface area (Å²) in [5.74, 6) is 1.46. The van der Waals surface area contributed by atoms with Gasteiger partial charge in [-0.05, 0) is 44.9 Å². The summed E-state index contributed by atoms with van der Waals surface area (Å²) < 4.78 is 5.50. The van der Waals surface area contributed by atoms with Crippen molar-refractivity contribution in [2.24, 2.45) is 0 Å². The molecule has 2 aromatic rings. The Morgan fingerprint density at radius 2 is 2.21 bits per heavy atom. The highest BCUT2D eigenvalue weighted by molar-refractivity contribution is 5.72. The Kier molecular flexibility index (Phi) is 5.59. The summed E-state index contributed by atoms with van der Waals surface area (Å²) in [5, 5.41) is 31.6. The second-order valence-electron chi connectivity index (χ2n) is 7.47. The molecule has 8 heteroatoms. The molecule has 1 fully saturated rings. The van der Waals surface area contributed by atoms with Crippen LogP contribution in [0.15, 0.2) is 12.1 Å². The molecule has 3 heterocycles. The average Bonchev–Trinajstić information content (AvgIpc) is 3.18. The molecule has 0 aliphatic carbocycles. The van der Waals surface area contributed by atoms with Crippen LogP contribution < -0.4 is 10.1 Å². The molecule has 1 aromatic carbocycles. The minimum absolute atomic E-state index is 0.210. The Labute approximate surface area is 164 Å². The molecule has 0 amide bonds. The van der Waals surface area contributed by atoms with E-state index in [4.69, 9.17) is 9.84 Å². The van der Waals surface area contributed by atoms with Gasteiger partial charge in [0.05, 0.1) is 12.3 Å². The highest BCUT2D eigenvalue weighted by atomic mass is 16.5. The van der Waals surface area contributed by atoms with Crippen LogP contribution in [0.4, 0.5) is 5.95 Å².